The molecule has 0 unspecified atom stereocenters. The fourth-order valence-electron chi connectivity index (χ4n) is 3.13. The Morgan fingerprint density at radius 1 is 1.46 bits per heavy atom. The lowest BCUT2D eigenvalue weighted by Gasteiger charge is -2.12. The van der Waals surface area contributed by atoms with Crippen LogP contribution >= 0.6 is 11.3 Å². The topological polar surface area (TPSA) is 82.8 Å². The standard InChI is InChI=1S/C17H20N4O2S/c1-9(2)18-8-12-11-4-3-5-23-14-13(11)16(17(22)21-12)24-15(14)10-6-19-20-7-10/h6-7,9,18H,3-5,8H2,1-2H3,(H,19,20)(H,21,22). The van der Waals surface area contributed by atoms with Crippen molar-refractivity contribution in [1.82, 2.24) is 20.5 Å². The highest BCUT2D eigenvalue weighted by molar-refractivity contribution is 7.22. The summed E-state index contributed by atoms with van der Waals surface area (Å²) in [7, 11) is 0. The van der Waals surface area contributed by atoms with E-state index in [1.54, 1.807) is 6.20 Å². The van der Waals surface area contributed by atoms with Crippen molar-refractivity contribution in [2.75, 3.05) is 6.61 Å². The zero-order chi connectivity index (χ0) is 16.7. The van der Waals surface area contributed by atoms with Gasteiger partial charge in [0, 0.05) is 35.4 Å². The highest BCUT2D eigenvalue weighted by Crippen LogP contribution is 2.46. The first-order valence-corrected chi connectivity index (χ1v) is 9.02. The molecule has 4 rings (SSSR count). The molecule has 0 saturated heterocycles. The van der Waals surface area contributed by atoms with Gasteiger partial charge in [-0.2, -0.15) is 5.10 Å². The summed E-state index contributed by atoms with van der Waals surface area (Å²) in [6, 6.07) is 0.363. The van der Waals surface area contributed by atoms with Crippen LogP contribution in [0.5, 0.6) is 5.75 Å². The summed E-state index contributed by atoms with van der Waals surface area (Å²) in [5, 5.41) is 11.3. The van der Waals surface area contributed by atoms with Crippen LogP contribution in [0.4, 0.5) is 0 Å². The molecule has 0 aromatic carbocycles. The number of aromatic amines is 2. The monoisotopic (exact) mass is 344 g/mol. The van der Waals surface area contributed by atoms with Gasteiger partial charge in [0.1, 0.15) is 10.4 Å². The molecule has 24 heavy (non-hydrogen) atoms. The first kappa shape index (κ1) is 15.4. The Kier molecular flexibility index (Phi) is 3.90. The molecule has 0 spiro atoms. The van der Waals surface area contributed by atoms with Gasteiger partial charge in [0.15, 0.2) is 0 Å². The first-order chi connectivity index (χ1) is 11.6. The van der Waals surface area contributed by atoms with Crippen LogP contribution in [0.25, 0.3) is 20.5 Å². The van der Waals surface area contributed by atoms with E-state index in [-0.39, 0.29) is 5.56 Å². The number of aryl methyl sites for hydroxylation is 1. The van der Waals surface area contributed by atoms with E-state index in [9.17, 15) is 4.79 Å². The minimum absolute atomic E-state index is 0.0409. The van der Waals surface area contributed by atoms with Crippen molar-refractivity contribution < 1.29 is 4.74 Å². The van der Waals surface area contributed by atoms with Gasteiger partial charge in [-0.1, -0.05) is 13.8 Å². The number of thiophene rings is 1. The van der Waals surface area contributed by atoms with Crippen LogP contribution in [0.2, 0.25) is 0 Å². The minimum Gasteiger partial charge on any atom is -0.491 e. The van der Waals surface area contributed by atoms with Crippen LogP contribution in [-0.2, 0) is 13.0 Å². The third kappa shape index (κ3) is 2.53. The van der Waals surface area contributed by atoms with Gasteiger partial charge in [-0.15, -0.1) is 11.3 Å². The van der Waals surface area contributed by atoms with E-state index in [2.05, 4.69) is 34.3 Å². The Hall–Kier alpha value is -2.12. The molecule has 0 radical (unpaired) electrons. The van der Waals surface area contributed by atoms with Crippen molar-refractivity contribution in [3.8, 4) is 16.2 Å². The number of aromatic nitrogens is 3. The van der Waals surface area contributed by atoms with Gasteiger partial charge >= 0.3 is 0 Å². The van der Waals surface area contributed by atoms with Gasteiger partial charge in [0.05, 0.1) is 17.7 Å². The maximum absolute atomic E-state index is 12.6. The Labute approximate surface area is 143 Å². The second kappa shape index (κ2) is 6.07. The van der Waals surface area contributed by atoms with Crippen molar-refractivity contribution in [3.63, 3.8) is 0 Å². The number of pyridine rings is 1. The average molecular weight is 344 g/mol. The van der Waals surface area contributed by atoms with Gasteiger partial charge in [0.2, 0.25) is 0 Å². The lowest BCUT2D eigenvalue weighted by atomic mass is 10.0. The number of rotatable bonds is 4. The van der Waals surface area contributed by atoms with E-state index >= 15 is 0 Å². The largest absolute Gasteiger partial charge is 0.491 e. The number of hydrogen-bond donors (Lipinski definition) is 3. The molecule has 0 aliphatic carbocycles. The van der Waals surface area contributed by atoms with Crippen molar-refractivity contribution in [3.05, 3.63) is 34.0 Å². The van der Waals surface area contributed by atoms with Gasteiger partial charge in [-0.3, -0.25) is 9.89 Å². The number of H-pyrrole nitrogens is 2. The molecule has 6 nitrogen and oxygen atoms in total. The molecule has 0 atom stereocenters. The van der Waals surface area contributed by atoms with Crippen molar-refractivity contribution in [1.29, 1.82) is 0 Å². The first-order valence-electron chi connectivity index (χ1n) is 8.21. The number of nitrogens with zero attached hydrogens (tertiary/aromatic N) is 1. The summed E-state index contributed by atoms with van der Waals surface area (Å²) in [4.78, 5) is 16.7. The molecule has 0 saturated carbocycles. The maximum atomic E-state index is 12.6. The second-order valence-electron chi connectivity index (χ2n) is 6.35. The van der Waals surface area contributed by atoms with Gasteiger partial charge in [0.25, 0.3) is 5.56 Å². The summed E-state index contributed by atoms with van der Waals surface area (Å²) in [6.07, 6.45) is 5.46. The molecule has 4 heterocycles. The normalized spacial score (nSPS) is 14.1. The summed E-state index contributed by atoms with van der Waals surface area (Å²) in [6.45, 7) is 5.53. The smallest absolute Gasteiger partial charge is 0.266 e. The summed E-state index contributed by atoms with van der Waals surface area (Å²) in [5.41, 5.74) is 3.10. The number of ether oxygens (including phenoxy) is 1. The van der Waals surface area contributed by atoms with Gasteiger partial charge in [-0.25, -0.2) is 0 Å². The SMILES string of the molecule is CC(C)NCc1[nH]c(=O)c2sc(-c3cn[nH]c3)c3c2c1CCCO3. The number of nitrogens with one attached hydrogen (secondary N) is 3. The van der Waals surface area contributed by atoms with E-state index in [4.69, 9.17) is 4.74 Å². The molecule has 1 aliphatic heterocycles. The molecule has 3 N–H and O–H groups in total. The van der Waals surface area contributed by atoms with E-state index in [0.29, 0.717) is 19.2 Å². The molecule has 1 aliphatic rings. The third-order valence-corrected chi connectivity index (χ3v) is 5.49. The van der Waals surface area contributed by atoms with Crippen LogP contribution in [0.1, 0.15) is 31.5 Å². The molecule has 3 aromatic rings. The summed E-state index contributed by atoms with van der Waals surface area (Å²) in [5.74, 6) is 0.834. The van der Waals surface area contributed by atoms with Crippen molar-refractivity contribution >= 4 is 21.4 Å². The molecule has 126 valence electrons. The third-order valence-electron chi connectivity index (χ3n) is 4.27. The lowest BCUT2D eigenvalue weighted by molar-refractivity contribution is 0.321. The average Bonchev–Trinajstić information content (AvgIpc) is 3.14. The Morgan fingerprint density at radius 3 is 3.08 bits per heavy atom. The highest BCUT2D eigenvalue weighted by atomic mass is 32.1. The fourth-order valence-corrected chi connectivity index (χ4v) is 4.28. The molecular weight excluding hydrogens is 324 g/mol. The van der Waals surface area contributed by atoms with Crippen LogP contribution in [0.3, 0.4) is 0 Å². The minimum atomic E-state index is -0.0409. The fraction of sp³-hybridized carbons (Fsp3) is 0.412. The molecule has 0 fully saturated rings. The van der Waals surface area contributed by atoms with Crippen LogP contribution in [-0.4, -0.2) is 27.8 Å². The Balaban J connectivity index is 1.96. The second-order valence-corrected chi connectivity index (χ2v) is 7.37. The van der Waals surface area contributed by atoms with Crippen LogP contribution in [0.15, 0.2) is 17.2 Å². The zero-order valence-corrected chi connectivity index (χ0v) is 14.5. The maximum Gasteiger partial charge on any atom is 0.266 e. The van der Waals surface area contributed by atoms with Gasteiger partial charge < -0.3 is 15.0 Å². The number of hydrogen-bond acceptors (Lipinski definition) is 5. The predicted octanol–water partition coefficient (Wildman–Crippen LogP) is 2.80. The Bertz CT molecular complexity index is 924. The molecule has 3 aromatic heterocycles. The predicted molar refractivity (Wildman–Crippen MR) is 95.8 cm³/mol. The molecule has 0 bridgehead atoms. The Morgan fingerprint density at radius 2 is 2.33 bits per heavy atom. The van der Waals surface area contributed by atoms with E-state index in [1.807, 2.05) is 6.20 Å². The van der Waals surface area contributed by atoms with Crippen LogP contribution < -0.4 is 15.6 Å². The molecule has 7 heteroatoms. The highest BCUT2D eigenvalue weighted by Gasteiger charge is 2.25. The van der Waals surface area contributed by atoms with Crippen molar-refractivity contribution in [2.24, 2.45) is 0 Å². The summed E-state index contributed by atoms with van der Waals surface area (Å²) < 4.78 is 6.79. The molecule has 0 amide bonds. The lowest BCUT2D eigenvalue weighted by Crippen LogP contribution is -2.25. The van der Waals surface area contributed by atoms with E-state index in [0.717, 1.165) is 44.8 Å². The quantitative estimate of drug-likeness (QED) is 0.680. The van der Waals surface area contributed by atoms with Crippen molar-refractivity contribution in [2.45, 2.75) is 39.3 Å². The van der Waals surface area contributed by atoms with Crippen LogP contribution in [0, 0.1) is 0 Å². The van der Waals surface area contributed by atoms with E-state index in [1.165, 1.54) is 16.9 Å². The molecular formula is C17H20N4O2S. The van der Waals surface area contributed by atoms with Gasteiger partial charge in [-0.05, 0) is 18.4 Å². The zero-order valence-electron chi connectivity index (χ0n) is 13.7. The summed E-state index contributed by atoms with van der Waals surface area (Å²) >= 11 is 1.48. The van der Waals surface area contributed by atoms with E-state index < -0.39 is 0 Å².